The predicted molar refractivity (Wildman–Crippen MR) is 44.4 cm³/mol. The summed E-state index contributed by atoms with van der Waals surface area (Å²) in [6.07, 6.45) is 0. The maximum absolute atomic E-state index is 10.9. The van der Waals surface area contributed by atoms with Gasteiger partial charge in [0.25, 0.3) is 0 Å². The Morgan fingerprint density at radius 1 is 1.33 bits per heavy atom. The van der Waals surface area contributed by atoms with Crippen molar-refractivity contribution < 1.29 is 9.90 Å². The Kier molecular flexibility index (Phi) is 2.24. The second-order valence-electron chi connectivity index (χ2n) is 2.40. The molecule has 62 valence electrons. The zero-order valence-electron chi connectivity index (χ0n) is 6.57. The summed E-state index contributed by atoms with van der Waals surface area (Å²) in [6.45, 7) is 1.30. The lowest BCUT2D eigenvalue weighted by Gasteiger charge is -1.91. The van der Waals surface area contributed by atoms with Gasteiger partial charge in [-0.1, -0.05) is 12.1 Å². The van der Waals surface area contributed by atoms with Gasteiger partial charge in [0.1, 0.15) is 0 Å². The minimum absolute atomic E-state index is 0.0602. The fourth-order valence-electron chi connectivity index (χ4n) is 0.869. The van der Waals surface area contributed by atoms with E-state index in [0.29, 0.717) is 0 Å². The Morgan fingerprint density at radius 3 is 2.50 bits per heavy atom. The van der Waals surface area contributed by atoms with E-state index in [-0.39, 0.29) is 11.3 Å². The Bertz CT molecular complexity index is 368. The van der Waals surface area contributed by atoms with Crippen molar-refractivity contribution in [2.75, 3.05) is 0 Å². The monoisotopic (exact) mass is 164 g/mol. The molecule has 0 aliphatic rings. The third kappa shape index (κ3) is 1.50. The number of aromatic hydroxyl groups is 1. The fourth-order valence-corrected chi connectivity index (χ4v) is 0.869. The van der Waals surface area contributed by atoms with Crippen molar-refractivity contribution in [3.05, 3.63) is 40.1 Å². The maximum atomic E-state index is 10.9. The molecule has 12 heavy (non-hydrogen) atoms. The van der Waals surface area contributed by atoms with Gasteiger partial charge in [0.2, 0.25) is 5.43 Å². The molecule has 0 bridgehead atoms. The zero-order valence-corrected chi connectivity index (χ0v) is 6.57. The van der Waals surface area contributed by atoms with Crippen LogP contribution in [0.1, 0.15) is 17.3 Å². The molecule has 0 saturated heterocycles. The maximum Gasteiger partial charge on any atom is 0.220 e. The molecule has 0 aliphatic carbocycles. The van der Waals surface area contributed by atoms with Gasteiger partial charge >= 0.3 is 0 Å². The highest BCUT2D eigenvalue weighted by molar-refractivity contribution is 5.96. The van der Waals surface area contributed by atoms with Crippen molar-refractivity contribution >= 4 is 5.78 Å². The third-order valence-corrected chi connectivity index (χ3v) is 1.49. The lowest BCUT2D eigenvalue weighted by Crippen LogP contribution is -1.99. The Balaban J connectivity index is 3.53. The first kappa shape index (κ1) is 8.46. The van der Waals surface area contributed by atoms with Crippen molar-refractivity contribution in [2.45, 2.75) is 6.92 Å². The van der Waals surface area contributed by atoms with E-state index >= 15 is 0 Å². The zero-order chi connectivity index (χ0) is 9.14. The van der Waals surface area contributed by atoms with Crippen LogP contribution in [0.5, 0.6) is 5.75 Å². The number of hydrogen-bond donors (Lipinski definition) is 1. The molecule has 0 aromatic heterocycles. The molecule has 0 amide bonds. The molecule has 1 aromatic carbocycles. The molecular weight excluding hydrogens is 156 g/mol. The summed E-state index contributed by atoms with van der Waals surface area (Å²) in [5, 5.41) is 9.19. The van der Waals surface area contributed by atoms with Crippen LogP contribution in [0.15, 0.2) is 29.1 Å². The molecule has 1 rings (SSSR count). The molecule has 0 fully saturated rings. The molecule has 0 spiro atoms. The van der Waals surface area contributed by atoms with Crippen LogP contribution in [0.25, 0.3) is 0 Å². The second kappa shape index (κ2) is 3.17. The van der Waals surface area contributed by atoms with Gasteiger partial charge in [0.05, 0.1) is 5.56 Å². The van der Waals surface area contributed by atoms with Gasteiger partial charge < -0.3 is 5.11 Å². The summed E-state index contributed by atoms with van der Waals surface area (Å²) in [4.78, 5) is 21.8. The van der Waals surface area contributed by atoms with Crippen LogP contribution in [0.3, 0.4) is 0 Å². The molecule has 0 saturated carbocycles. The molecule has 0 aliphatic heterocycles. The standard InChI is InChI=1S/C9H8O3/c1-6(10)7-4-2-3-5-8(11)9(7)12/h2-5H,1H3,(H,11,12). The van der Waals surface area contributed by atoms with Gasteiger partial charge in [0.15, 0.2) is 11.5 Å². The number of rotatable bonds is 1. The van der Waals surface area contributed by atoms with Crippen molar-refractivity contribution in [3.63, 3.8) is 0 Å². The van der Waals surface area contributed by atoms with Crippen LogP contribution >= 0.6 is 0 Å². The molecule has 3 nitrogen and oxygen atoms in total. The van der Waals surface area contributed by atoms with E-state index in [2.05, 4.69) is 0 Å². The molecular formula is C9H8O3. The largest absolute Gasteiger partial charge is 0.504 e. The molecule has 1 N–H and O–H groups in total. The highest BCUT2D eigenvalue weighted by Crippen LogP contribution is 2.09. The first-order valence-electron chi connectivity index (χ1n) is 3.46. The highest BCUT2D eigenvalue weighted by atomic mass is 16.3. The molecule has 1 aromatic rings. The van der Waals surface area contributed by atoms with E-state index in [1.807, 2.05) is 0 Å². The van der Waals surface area contributed by atoms with E-state index in [9.17, 15) is 14.7 Å². The molecule has 3 heteroatoms. The summed E-state index contributed by atoms with van der Waals surface area (Å²) >= 11 is 0. The highest BCUT2D eigenvalue weighted by Gasteiger charge is 2.06. The third-order valence-electron chi connectivity index (χ3n) is 1.49. The first-order valence-corrected chi connectivity index (χ1v) is 3.46. The minimum atomic E-state index is -0.537. The Hall–Kier alpha value is -1.64. The van der Waals surface area contributed by atoms with Gasteiger partial charge in [0, 0.05) is 0 Å². The van der Waals surface area contributed by atoms with Gasteiger partial charge in [-0.3, -0.25) is 9.59 Å². The average molecular weight is 164 g/mol. The normalized spacial score (nSPS) is 9.42. The van der Waals surface area contributed by atoms with Gasteiger partial charge in [-0.15, -0.1) is 0 Å². The van der Waals surface area contributed by atoms with Crippen LogP contribution in [-0.2, 0) is 0 Å². The SMILES string of the molecule is CC(=O)c1ccccc(=O)c1O. The van der Waals surface area contributed by atoms with E-state index in [4.69, 9.17) is 0 Å². The summed E-state index contributed by atoms with van der Waals surface area (Å²) in [6, 6.07) is 5.65. The molecule has 0 radical (unpaired) electrons. The van der Waals surface area contributed by atoms with Crippen molar-refractivity contribution in [3.8, 4) is 5.75 Å². The molecule has 0 unspecified atom stereocenters. The van der Waals surface area contributed by atoms with Crippen molar-refractivity contribution in [2.24, 2.45) is 0 Å². The smallest absolute Gasteiger partial charge is 0.220 e. The number of carbonyl (C=O) groups is 1. The number of hydrogen-bond acceptors (Lipinski definition) is 3. The average Bonchev–Trinajstić information content (AvgIpc) is 2.15. The fraction of sp³-hybridized carbons (Fsp3) is 0.111. The summed E-state index contributed by atoms with van der Waals surface area (Å²) < 4.78 is 0. The lowest BCUT2D eigenvalue weighted by atomic mass is 10.2. The summed E-state index contributed by atoms with van der Waals surface area (Å²) in [7, 11) is 0. The van der Waals surface area contributed by atoms with Crippen LogP contribution in [0.2, 0.25) is 0 Å². The number of Topliss-reactive ketones (excluding diaryl/α,β-unsaturated/α-hetero) is 1. The second-order valence-corrected chi connectivity index (χ2v) is 2.40. The minimum Gasteiger partial charge on any atom is -0.504 e. The van der Waals surface area contributed by atoms with Gasteiger partial charge in [-0.25, -0.2) is 0 Å². The predicted octanol–water partition coefficient (Wildman–Crippen LogP) is 0.955. The quantitative estimate of drug-likeness (QED) is 0.629. The van der Waals surface area contributed by atoms with E-state index in [1.165, 1.54) is 31.2 Å². The number of carbonyl (C=O) groups excluding carboxylic acids is 1. The molecule has 0 heterocycles. The molecule has 0 atom stereocenters. The van der Waals surface area contributed by atoms with Crippen LogP contribution in [0, 0.1) is 0 Å². The van der Waals surface area contributed by atoms with Crippen LogP contribution < -0.4 is 5.43 Å². The van der Waals surface area contributed by atoms with Crippen LogP contribution in [-0.4, -0.2) is 10.9 Å². The van der Waals surface area contributed by atoms with Crippen molar-refractivity contribution in [1.82, 2.24) is 0 Å². The summed E-state index contributed by atoms with van der Waals surface area (Å²) in [5.41, 5.74) is -0.477. The van der Waals surface area contributed by atoms with Crippen LogP contribution in [0.4, 0.5) is 0 Å². The van der Waals surface area contributed by atoms with E-state index in [1.54, 1.807) is 0 Å². The van der Waals surface area contributed by atoms with E-state index in [0.717, 1.165) is 0 Å². The van der Waals surface area contributed by atoms with Gasteiger partial charge in [-0.2, -0.15) is 0 Å². The Morgan fingerprint density at radius 2 is 1.92 bits per heavy atom. The Labute approximate surface area is 69.3 Å². The lowest BCUT2D eigenvalue weighted by molar-refractivity contribution is 0.101. The first-order chi connectivity index (χ1) is 5.63. The van der Waals surface area contributed by atoms with Crippen molar-refractivity contribution in [1.29, 1.82) is 0 Å². The summed E-state index contributed by atoms with van der Waals surface area (Å²) in [5.74, 6) is -0.798. The number of ketones is 1. The van der Waals surface area contributed by atoms with E-state index < -0.39 is 11.2 Å². The topological polar surface area (TPSA) is 54.4 Å². The van der Waals surface area contributed by atoms with Gasteiger partial charge in [-0.05, 0) is 19.1 Å².